The summed E-state index contributed by atoms with van der Waals surface area (Å²) >= 11 is 0. The summed E-state index contributed by atoms with van der Waals surface area (Å²) in [6, 6.07) is 21.9. The average molecular weight is 611 g/mol. The molecule has 2 heterocycles. The highest BCUT2D eigenvalue weighted by atomic mass is 16.5. The van der Waals surface area contributed by atoms with Crippen LogP contribution in [0.1, 0.15) is 83.4 Å². The Labute approximate surface area is 269 Å². The second kappa shape index (κ2) is 14.4. The van der Waals surface area contributed by atoms with Crippen LogP contribution < -0.4 is 4.74 Å². The minimum absolute atomic E-state index is 0.218. The summed E-state index contributed by atoms with van der Waals surface area (Å²) in [5.74, 6) is 1.08. The first-order chi connectivity index (χ1) is 22.1. The molecule has 3 atom stereocenters. The van der Waals surface area contributed by atoms with Crippen LogP contribution in [0, 0.1) is 0 Å². The number of ether oxygens (including phenoxy) is 2. The largest absolute Gasteiger partial charge is 0.491 e. The van der Waals surface area contributed by atoms with Gasteiger partial charge in [-0.05, 0) is 89.6 Å². The van der Waals surface area contributed by atoms with Crippen LogP contribution in [0.15, 0.2) is 60.7 Å². The van der Waals surface area contributed by atoms with E-state index in [1.165, 1.54) is 64.6 Å². The molecule has 0 amide bonds. The summed E-state index contributed by atoms with van der Waals surface area (Å²) in [5, 5.41) is 22.0. The van der Waals surface area contributed by atoms with Crippen LogP contribution in [0.5, 0.6) is 5.75 Å². The summed E-state index contributed by atoms with van der Waals surface area (Å²) in [7, 11) is 0. The van der Waals surface area contributed by atoms with Crippen LogP contribution in [-0.4, -0.2) is 77.7 Å². The molecule has 1 saturated carbocycles. The van der Waals surface area contributed by atoms with Crippen LogP contribution in [-0.2, 0) is 37.1 Å². The Hall–Kier alpha value is -2.74. The lowest BCUT2D eigenvalue weighted by molar-refractivity contribution is -0.0348. The maximum atomic E-state index is 11.0. The highest BCUT2D eigenvalue weighted by Gasteiger charge is 2.31. The Balaban J connectivity index is 1.03. The van der Waals surface area contributed by atoms with Gasteiger partial charge < -0.3 is 19.7 Å². The lowest BCUT2D eigenvalue weighted by Gasteiger charge is -2.37. The van der Waals surface area contributed by atoms with Gasteiger partial charge in [0.1, 0.15) is 18.5 Å². The molecule has 2 N–H and O–H groups in total. The molecule has 6 heteroatoms. The van der Waals surface area contributed by atoms with Crippen LogP contribution in [0.4, 0.5) is 0 Å². The van der Waals surface area contributed by atoms with Gasteiger partial charge in [-0.1, -0.05) is 67.8 Å². The zero-order valence-electron chi connectivity index (χ0n) is 26.7. The van der Waals surface area contributed by atoms with Crippen molar-refractivity contribution >= 4 is 0 Å². The monoisotopic (exact) mass is 610 g/mol. The van der Waals surface area contributed by atoms with E-state index in [4.69, 9.17) is 9.47 Å². The summed E-state index contributed by atoms with van der Waals surface area (Å²) in [6.07, 6.45) is 9.68. The standard InChI is InChI=1S/C39H50N2O4/c42-32(23-40-18-17-28-9-4-5-10-30(28)21-40)27-45-35-19-29-12-8-16-36(29)38(20-35)39-25-41(22-31-11-6-7-15-37(31)39)24-33(43)26-44-34-13-2-1-3-14-34/h4-7,9-11,15,19-20,32-34,39,42-43H,1-3,8,12-14,16-18,21-27H2. The maximum absolute atomic E-state index is 11.0. The number of nitrogens with zero attached hydrogens (tertiary/aromatic N) is 2. The van der Waals surface area contributed by atoms with E-state index in [1.54, 1.807) is 0 Å². The fraction of sp³-hybridized carbons (Fsp3) is 0.538. The summed E-state index contributed by atoms with van der Waals surface area (Å²) in [6.45, 7) is 5.50. The number of rotatable bonds is 11. The molecule has 7 rings (SSSR count). The molecular formula is C39H50N2O4. The van der Waals surface area contributed by atoms with Gasteiger partial charge in [0.25, 0.3) is 0 Å². The van der Waals surface area contributed by atoms with Gasteiger partial charge >= 0.3 is 0 Å². The summed E-state index contributed by atoms with van der Waals surface area (Å²) in [5.41, 5.74) is 9.73. The summed E-state index contributed by atoms with van der Waals surface area (Å²) in [4.78, 5) is 4.75. The molecule has 0 saturated heterocycles. The lowest BCUT2D eigenvalue weighted by Crippen LogP contribution is -2.41. The van der Waals surface area contributed by atoms with Crippen molar-refractivity contribution in [1.82, 2.24) is 9.80 Å². The number of aliphatic hydroxyl groups is 2. The van der Waals surface area contributed by atoms with E-state index in [0.717, 1.165) is 64.0 Å². The molecule has 3 aromatic carbocycles. The third-order valence-electron chi connectivity index (χ3n) is 10.5. The number of aryl methyl sites for hydroxylation is 1. The lowest BCUT2D eigenvalue weighted by atomic mass is 9.81. The Morgan fingerprint density at radius 3 is 2.29 bits per heavy atom. The molecule has 240 valence electrons. The minimum Gasteiger partial charge on any atom is -0.491 e. The topological polar surface area (TPSA) is 65.4 Å². The minimum atomic E-state index is -0.546. The zero-order valence-corrected chi connectivity index (χ0v) is 26.7. The van der Waals surface area contributed by atoms with Gasteiger partial charge in [0.2, 0.25) is 0 Å². The Bertz CT molecular complexity index is 1440. The van der Waals surface area contributed by atoms with E-state index in [0.29, 0.717) is 25.8 Å². The van der Waals surface area contributed by atoms with E-state index in [9.17, 15) is 10.2 Å². The van der Waals surface area contributed by atoms with Crippen LogP contribution in [0.2, 0.25) is 0 Å². The van der Waals surface area contributed by atoms with Crippen molar-refractivity contribution in [3.8, 4) is 5.75 Å². The fourth-order valence-corrected chi connectivity index (χ4v) is 8.27. The normalized spacial score (nSPS) is 22.0. The van der Waals surface area contributed by atoms with E-state index >= 15 is 0 Å². The van der Waals surface area contributed by atoms with Crippen molar-refractivity contribution in [3.63, 3.8) is 0 Å². The van der Waals surface area contributed by atoms with Crippen LogP contribution in [0.3, 0.4) is 0 Å². The summed E-state index contributed by atoms with van der Waals surface area (Å²) < 4.78 is 12.5. The Morgan fingerprint density at radius 1 is 0.689 bits per heavy atom. The number of hydrogen-bond acceptors (Lipinski definition) is 6. The maximum Gasteiger partial charge on any atom is 0.120 e. The quantitative estimate of drug-likeness (QED) is 0.294. The highest BCUT2D eigenvalue weighted by molar-refractivity contribution is 5.51. The number of benzene rings is 3. The van der Waals surface area contributed by atoms with Gasteiger partial charge in [-0.3, -0.25) is 9.80 Å². The smallest absolute Gasteiger partial charge is 0.120 e. The van der Waals surface area contributed by atoms with E-state index in [1.807, 2.05) is 0 Å². The van der Waals surface area contributed by atoms with Gasteiger partial charge in [-0.25, -0.2) is 0 Å². The van der Waals surface area contributed by atoms with Crippen molar-refractivity contribution in [2.24, 2.45) is 0 Å². The molecule has 3 unspecified atom stereocenters. The van der Waals surface area contributed by atoms with Crippen molar-refractivity contribution < 1.29 is 19.7 Å². The molecule has 2 aliphatic carbocycles. The molecule has 3 aromatic rings. The van der Waals surface area contributed by atoms with Gasteiger partial charge in [0.05, 0.1) is 18.8 Å². The first-order valence-corrected chi connectivity index (χ1v) is 17.4. The molecule has 2 aliphatic heterocycles. The second-order valence-electron chi connectivity index (χ2n) is 13.9. The molecule has 0 aromatic heterocycles. The Kier molecular flexibility index (Phi) is 9.85. The average Bonchev–Trinajstić information content (AvgIpc) is 3.55. The second-order valence-corrected chi connectivity index (χ2v) is 13.9. The first kappa shape index (κ1) is 30.9. The first-order valence-electron chi connectivity index (χ1n) is 17.4. The van der Waals surface area contributed by atoms with E-state index in [2.05, 4.69) is 70.5 Å². The predicted molar refractivity (Wildman–Crippen MR) is 178 cm³/mol. The van der Waals surface area contributed by atoms with Gasteiger partial charge in [-0.15, -0.1) is 0 Å². The van der Waals surface area contributed by atoms with Crippen molar-refractivity contribution in [2.75, 3.05) is 39.4 Å². The molecule has 1 fully saturated rings. The van der Waals surface area contributed by atoms with Crippen LogP contribution in [0.25, 0.3) is 0 Å². The van der Waals surface area contributed by atoms with Gasteiger partial charge in [0, 0.05) is 45.2 Å². The van der Waals surface area contributed by atoms with Crippen LogP contribution >= 0.6 is 0 Å². The molecule has 6 nitrogen and oxygen atoms in total. The number of β-amino-alcohol motifs (C(OH)–C–C–N with tert-alkyl or cyclic N) is 2. The van der Waals surface area contributed by atoms with Gasteiger partial charge in [0.15, 0.2) is 0 Å². The van der Waals surface area contributed by atoms with Crippen molar-refractivity contribution in [1.29, 1.82) is 0 Å². The van der Waals surface area contributed by atoms with E-state index in [-0.39, 0.29) is 12.5 Å². The number of hydrogen-bond donors (Lipinski definition) is 2. The Morgan fingerprint density at radius 2 is 1.42 bits per heavy atom. The predicted octanol–water partition coefficient (Wildman–Crippen LogP) is 5.63. The molecular weight excluding hydrogens is 560 g/mol. The number of aliphatic hydroxyl groups excluding tert-OH is 2. The van der Waals surface area contributed by atoms with Crippen molar-refractivity contribution in [3.05, 3.63) is 99.6 Å². The third kappa shape index (κ3) is 7.47. The molecule has 0 bridgehead atoms. The molecule has 4 aliphatic rings. The van der Waals surface area contributed by atoms with Gasteiger partial charge in [-0.2, -0.15) is 0 Å². The number of fused-ring (bicyclic) bond motifs is 3. The van der Waals surface area contributed by atoms with E-state index < -0.39 is 12.2 Å². The third-order valence-corrected chi connectivity index (χ3v) is 10.5. The highest BCUT2D eigenvalue weighted by Crippen LogP contribution is 2.40. The fourth-order valence-electron chi connectivity index (χ4n) is 8.27. The van der Waals surface area contributed by atoms with Crippen molar-refractivity contribution in [2.45, 2.75) is 95.1 Å². The molecule has 0 spiro atoms. The molecule has 0 radical (unpaired) electrons. The zero-order chi connectivity index (χ0) is 30.6. The SMILES string of the molecule is OC(COc1cc2c(c(C3CN(CC(O)COC4CCCCC4)Cc4ccccc43)c1)CCC2)CN1CCc2ccccc2C1. The molecule has 45 heavy (non-hydrogen) atoms.